The molecule has 0 heterocycles. The average molecular weight is 348 g/mol. The van der Waals surface area contributed by atoms with E-state index < -0.39 is 11.6 Å². The van der Waals surface area contributed by atoms with Crippen LogP contribution in [0.1, 0.15) is 64.4 Å². The number of rotatable bonds is 8. The highest BCUT2D eigenvalue weighted by atomic mass is 19.2. The zero-order valence-corrected chi connectivity index (χ0v) is 15.4. The highest BCUT2D eigenvalue weighted by Crippen LogP contribution is 2.33. The third-order valence-electron chi connectivity index (χ3n) is 5.03. The summed E-state index contributed by atoms with van der Waals surface area (Å²) in [6.45, 7) is 3.96. The minimum absolute atomic E-state index is 0.0567. The lowest BCUT2D eigenvalue weighted by atomic mass is 9.79. The van der Waals surface area contributed by atoms with Gasteiger partial charge in [0.2, 0.25) is 5.82 Å². The van der Waals surface area contributed by atoms with Crippen molar-refractivity contribution in [2.24, 2.45) is 11.8 Å². The van der Waals surface area contributed by atoms with Crippen molar-refractivity contribution in [2.45, 2.75) is 65.2 Å². The molecule has 0 amide bonds. The summed E-state index contributed by atoms with van der Waals surface area (Å²) >= 11 is 0. The van der Waals surface area contributed by atoms with Crippen molar-refractivity contribution in [3.8, 4) is 5.75 Å². The van der Waals surface area contributed by atoms with E-state index in [0.29, 0.717) is 23.8 Å². The van der Waals surface area contributed by atoms with Crippen LogP contribution in [0.15, 0.2) is 36.6 Å². The monoisotopic (exact) mass is 348 g/mol. The molecule has 1 saturated carbocycles. The number of allylic oxidation sites excluding steroid dienone is 3. The maximum absolute atomic E-state index is 14.2. The van der Waals surface area contributed by atoms with E-state index in [4.69, 9.17) is 4.74 Å². The van der Waals surface area contributed by atoms with Gasteiger partial charge in [0.1, 0.15) is 0 Å². The number of hydrogen-bond donors (Lipinski definition) is 0. The van der Waals surface area contributed by atoms with Crippen LogP contribution in [0, 0.1) is 23.5 Å². The summed E-state index contributed by atoms with van der Waals surface area (Å²) in [6.07, 6.45) is 16.4. The van der Waals surface area contributed by atoms with Crippen molar-refractivity contribution in [1.29, 1.82) is 0 Å². The molecule has 0 atom stereocenters. The predicted octanol–water partition coefficient (Wildman–Crippen LogP) is 6.97. The molecule has 0 saturated heterocycles. The molecule has 138 valence electrons. The third-order valence-corrected chi connectivity index (χ3v) is 5.03. The van der Waals surface area contributed by atoms with Crippen molar-refractivity contribution in [3.05, 3.63) is 53.8 Å². The van der Waals surface area contributed by atoms with Crippen LogP contribution in [0.3, 0.4) is 0 Å². The van der Waals surface area contributed by atoms with E-state index in [1.165, 1.54) is 50.9 Å². The second kappa shape index (κ2) is 10.4. The van der Waals surface area contributed by atoms with E-state index in [1.54, 1.807) is 19.1 Å². The zero-order chi connectivity index (χ0) is 18.1. The van der Waals surface area contributed by atoms with Crippen molar-refractivity contribution in [3.63, 3.8) is 0 Å². The van der Waals surface area contributed by atoms with Crippen molar-refractivity contribution >= 4 is 0 Å². The molecule has 1 aromatic rings. The number of aryl methyl sites for hydroxylation is 1. The van der Waals surface area contributed by atoms with Crippen molar-refractivity contribution in [1.82, 2.24) is 0 Å². The second-order valence-electron chi connectivity index (χ2n) is 6.97. The standard InChI is InChI=1S/C22H30F2O/c1-3-5-6-7-17-8-10-18(11-9-17)12-13-19-14-15-20(25-16-4-2)22(24)21(19)23/h4,6-7,14-18H,3,5,8-13H2,1-2H3/b7-6+,16-4+. The van der Waals surface area contributed by atoms with Gasteiger partial charge in [0.25, 0.3) is 0 Å². The van der Waals surface area contributed by atoms with E-state index in [0.717, 1.165) is 6.42 Å². The lowest BCUT2D eigenvalue weighted by molar-refractivity contribution is 0.294. The maximum atomic E-state index is 14.2. The Balaban J connectivity index is 1.83. The fourth-order valence-electron chi connectivity index (χ4n) is 3.48. The van der Waals surface area contributed by atoms with Gasteiger partial charge < -0.3 is 4.74 Å². The molecule has 0 aliphatic heterocycles. The SMILES string of the molecule is C/C=C/Oc1ccc(CCC2CCC(/C=C/CCC)CC2)c(F)c1F. The first-order valence-corrected chi connectivity index (χ1v) is 9.57. The Labute approximate surface area is 150 Å². The normalized spacial score (nSPS) is 21.3. The molecular weight excluding hydrogens is 318 g/mol. The summed E-state index contributed by atoms with van der Waals surface area (Å²) in [5.74, 6) is -0.380. The second-order valence-corrected chi connectivity index (χ2v) is 6.97. The molecule has 1 aliphatic carbocycles. The van der Waals surface area contributed by atoms with Gasteiger partial charge in [-0.3, -0.25) is 0 Å². The molecular formula is C22H30F2O. The van der Waals surface area contributed by atoms with Gasteiger partial charge in [0.05, 0.1) is 6.26 Å². The Hall–Kier alpha value is -1.64. The first-order valence-electron chi connectivity index (χ1n) is 9.57. The van der Waals surface area contributed by atoms with Gasteiger partial charge >= 0.3 is 0 Å². The molecule has 1 aromatic carbocycles. The van der Waals surface area contributed by atoms with Crippen LogP contribution in [0.5, 0.6) is 5.75 Å². The molecule has 1 aliphatic rings. The van der Waals surface area contributed by atoms with Gasteiger partial charge in [0, 0.05) is 0 Å². The van der Waals surface area contributed by atoms with Gasteiger partial charge in [-0.1, -0.05) is 37.6 Å². The highest BCUT2D eigenvalue weighted by Gasteiger charge is 2.21. The van der Waals surface area contributed by atoms with Crippen LogP contribution < -0.4 is 4.74 Å². The maximum Gasteiger partial charge on any atom is 0.201 e. The Bertz CT molecular complexity index is 584. The van der Waals surface area contributed by atoms with Crippen molar-refractivity contribution < 1.29 is 13.5 Å². The number of ether oxygens (including phenoxy) is 1. The van der Waals surface area contributed by atoms with E-state index >= 15 is 0 Å². The number of hydrogen-bond acceptors (Lipinski definition) is 1. The molecule has 0 spiro atoms. The van der Waals surface area contributed by atoms with Gasteiger partial charge in [-0.2, -0.15) is 4.39 Å². The van der Waals surface area contributed by atoms with Crippen LogP contribution in [0.2, 0.25) is 0 Å². The molecule has 25 heavy (non-hydrogen) atoms. The Morgan fingerprint density at radius 2 is 1.88 bits per heavy atom. The van der Waals surface area contributed by atoms with Crippen LogP contribution in [0.4, 0.5) is 8.78 Å². The van der Waals surface area contributed by atoms with Gasteiger partial charge in [-0.05, 0) is 75.3 Å². The molecule has 1 fully saturated rings. The summed E-state index contributed by atoms with van der Waals surface area (Å²) < 4.78 is 33.3. The molecule has 0 N–H and O–H groups in total. The van der Waals surface area contributed by atoms with Crippen LogP contribution in [0.25, 0.3) is 0 Å². The van der Waals surface area contributed by atoms with Gasteiger partial charge in [-0.15, -0.1) is 0 Å². The average Bonchev–Trinajstić information content (AvgIpc) is 2.63. The molecule has 0 aromatic heterocycles. The fourth-order valence-corrected chi connectivity index (χ4v) is 3.48. The van der Waals surface area contributed by atoms with E-state index in [1.807, 2.05) is 0 Å². The number of benzene rings is 1. The van der Waals surface area contributed by atoms with E-state index in [9.17, 15) is 8.78 Å². The highest BCUT2D eigenvalue weighted by molar-refractivity contribution is 5.31. The third kappa shape index (κ3) is 5.98. The van der Waals surface area contributed by atoms with E-state index in [-0.39, 0.29) is 5.75 Å². The molecule has 0 radical (unpaired) electrons. The molecule has 0 bridgehead atoms. The van der Waals surface area contributed by atoms with Crippen LogP contribution in [-0.4, -0.2) is 0 Å². The van der Waals surface area contributed by atoms with Crippen molar-refractivity contribution in [2.75, 3.05) is 0 Å². The summed E-state index contributed by atoms with van der Waals surface area (Å²) in [5, 5.41) is 0. The molecule has 0 unspecified atom stereocenters. The Morgan fingerprint density at radius 3 is 2.56 bits per heavy atom. The number of halogens is 2. The summed E-state index contributed by atoms with van der Waals surface area (Å²) in [5.41, 5.74) is 0.454. The summed E-state index contributed by atoms with van der Waals surface area (Å²) in [6, 6.07) is 3.17. The van der Waals surface area contributed by atoms with E-state index in [2.05, 4.69) is 19.1 Å². The summed E-state index contributed by atoms with van der Waals surface area (Å²) in [4.78, 5) is 0. The lowest BCUT2D eigenvalue weighted by Gasteiger charge is -2.26. The Morgan fingerprint density at radius 1 is 1.12 bits per heavy atom. The quantitative estimate of drug-likeness (QED) is 0.364. The van der Waals surface area contributed by atoms with Gasteiger partial charge in [0.15, 0.2) is 11.6 Å². The first kappa shape index (κ1) is 19.7. The minimum Gasteiger partial charge on any atom is -0.462 e. The zero-order valence-electron chi connectivity index (χ0n) is 15.4. The summed E-state index contributed by atoms with van der Waals surface area (Å²) in [7, 11) is 0. The Kier molecular flexibility index (Phi) is 8.17. The van der Waals surface area contributed by atoms with Crippen LogP contribution >= 0.6 is 0 Å². The molecule has 2 rings (SSSR count). The lowest BCUT2D eigenvalue weighted by Crippen LogP contribution is -2.14. The molecule has 1 nitrogen and oxygen atoms in total. The minimum atomic E-state index is -0.889. The first-order chi connectivity index (χ1) is 12.2. The van der Waals surface area contributed by atoms with Crippen LogP contribution in [-0.2, 0) is 6.42 Å². The number of unbranched alkanes of at least 4 members (excludes halogenated alkanes) is 1. The fraction of sp³-hybridized carbons (Fsp3) is 0.545. The molecule has 3 heteroatoms. The van der Waals surface area contributed by atoms with Gasteiger partial charge in [-0.25, -0.2) is 4.39 Å². The predicted molar refractivity (Wildman–Crippen MR) is 99.6 cm³/mol. The topological polar surface area (TPSA) is 9.23 Å². The largest absolute Gasteiger partial charge is 0.462 e. The smallest absolute Gasteiger partial charge is 0.201 e.